The van der Waals surface area contributed by atoms with Gasteiger partial charge in [-0.2, -0.15) is 0 Å². The second-order valence-electron chi connectivity index (χ2n) is 9.66. The molecule has 0 bridgehead atoms. The van der Waals surface area contributed by atoms with Gasteiger partial charge in [-0.05, 0) is 54.9 Å². The van der Waals surface area contributed by atoms with Crippen molar-refractivity contribution in [3.63, 3.8) is 0 Å². The fourth-order valence-corrected chi connectivity index (χ4v) is 4.96. The number of aryl methyl sites for hydroxylation is 3. The molecule has 3 heterocycles. The number of hydrogen-bond acceptors (Lipinski definition) is 7. The molecule has 0 atom stereocenters. The van der Waals surface area contributed by atoms with Crippen LogP contribution in [0.25, 0.3) is 11.1 Å². The quantitative estimate of drug-likeness (QED) is 0.173. The second-order valence-corrected chi connectivity index (χ2v) is 10.5. The van der Waals surface area contributed by atoms with Crippen molar-refractivity contribution in [1.82, 2.24) is 14.9 Å². The standard InChI is InChI=1S/C17H19N3OS.C12H17N3.C3H8.C2H6/c1-4-14-10-22-17(18-14)19-16-8-13(9-20(16)3)12-6-5-11(2)15(21)7-12;1-2-14-11-5-3-4-6-12(11)15-9-7-13-8-10-15;1-3-2;1-2/h5-10,21H,4H2,1-3H3,(H,18,19);2-6,13-14H,1,7-10H2;3H2,1-2H3;1-2H3. The molecule has 42 heavy (non-hydrogen) atoms. The lowest BCUT2D eigenvalue weighted by atomic mass is 10.1. The Labute approximate surface area is 257 Å². The maximum absolute atomic E-state index is 9.87. The second kappa shape index (κ2) is 18.6. The van der Waals surface area contributed by atoms with Crippen LogP contribution >= 0.6 is 11.3 Å². The van der Waals surface area contributed by atoms with E-state index < -0.39 is 0 Å². The van der Waals surface area contributed by atoms with Gasteiger partial charge in [-0.3, -0.25) is 0 Å². The van der Waals surface area contributed by atoms with Gasteiger partial charge in [-0.15, -0.1) is 11.3 Å². The predicted octanol–water partition coefficient (Wildman–Crippen LogP) is 8.56. The highest BCUT2D eigenvalue weighted by Gasteiger charge is 2.13. The van der Waals surface area contributed by atoms with E-state index in [0.717, 1.165) is 71.6 Å². The first-order chi connectivity index (χ1) is 20.4. The van der Waals surface area contributed by atoms with E-state index >= 15 is 0 Å². The van der Waals surface area contributed by atoms with Gasteiger partial charge in [-0.1, -0.05) is 71.9 Å². The molecule has 228 valence electrons. The molecule has 1 fully saturated rings. The van der Waals surface area contributed by atoms with Crippen molar-refractivity contribution >= 4 is 33.7 Å². The van der Waals surface area contributed by atoms with E-state index in [-0.39, 0.29) is 0 Å². The first kappa shape index (κ1) is 34.5. The summed E-state index contributed by atoms with van der Waals surface area (Å²) in [5, 5.41) is 22.7. The van der Waals surface area contributed by atoms with Gasteiger partial charge in [0.15, 0.2) is 5.13 Å². The number of rotatable bonds is 7. The van der Waals surface area contributed by atoms with Crippen LogP contribution in [0.5, 0.6) is 5.75 Å². The van der Waals surface area contributed by atoms with E-state index in [4.69, 9.17) is 0 Å². The van der Waals surface area contributed by atoms with E-state index in [1.165, 1.54) is 12.1 Å². The molecular formula is C34H50N6OS. The van der Waals surface area contributed by atoms with E-state index in [0.29, 0.717) is 5.75 Å². The molecule has 0 saturated carbocycles. The SMILES string of the molecule is C=CNc1ccccc1N1CCNCC1.CC.CCC.CCc1csc(Nc2cc(-c3ccc(C)c(O)c3)cn2C)n1. The molecule has 7 nitrogen and oxygen atoms in total. The highest BCUT2D eigenvalue weighted by molar-refractivity contribution is 7.13. The van der Waals surface area contributed by atoms with E-state index in [9.17, 15) is 5.11 Å². The van der Waals surface area contributed by atoms with Crippen molar-refractivity contribution in [3.8, 4) is 16.9 Å². The van der Waals surface area contributed by atoms with Gasteiger partial charge in [0, 0.05) is 50.4 Å². The molecule has 0 radical (unpaired) electrons. The van der Waals surface area contributed by atoms with Crippen LogP contribution in [0.2, 0.25) is 0 Å². The van der Waals surface area contributed by atoms with Crippen LogP contribution in [-0.4, -0.2) is 40.8 Å². The Bertz CT molecular complexity index is 1340. The molecule has 2 aromatic heterocycles. The Morgan fingerprint density at radius 2 is 1.74 bits per heavy atom. The summed E-state index contributed by atoms with van der Waals surface area (Å²) in [7, 11) is 1.99. The normalized spacial score (nSPS) is 12.0. The summed E-state index contributed by atoms with van der Waals surface area (Å²) < 4.78 is 2.03. The molecule has 4 N–H and O–H groups in total. The highest BCUT2D eigenvalue weighted by atomic mass is 32.1. The third-order valence-electron chi connectivity index (χ3n) is 6.32. The molecule has 0 spiro atoms. The van der Waals surface area contributed by atoms with Gasteiger partial charge in [0.1, 0.15) is 11.6 Å². The summed E-state index contributed by atoms with van der Waals surface area (Å²) in [6.45, 7) is 20.2. The number of aromatic hydroxyl groups is 1. The minimum absolute atomic E-state index is 0.323. The minimum Gasteiger partial charge on any atom is -0.508 e. The third-order valence-corrected chi connectivity index (χ3v) is 7.12. The number of aromatic nitrogens is 2. The van der Waals surface area contributed by atoms with Crippen molar-refractivity contribution < 1.29 is 5.11 Å². The Morgan fingerprint density at radius 3 is 2.36 bits per heavy atom. The van der Waals surface area contributed by atoms with Crippen molar-refractivity contribution in [2.75, 3.05) is 41.7 Å². The van der Waals surface area contributed by atoms with Gasteiger partial charge >= 0.3 is 0 Å². The van der Waals surface area contributed by atoms with Gasteiger partial charge in [0.25, 0.3) is 0 Å². The van der Waals surface area contributed by atoms with Gasteiger partial charge in [0.2, 0.25) is 0 Å². The molecule has 2 aromatic carbocycles. The number of nitrogens with one attached hydrogen (secondary N) is 3. The summed E-state index contributed by atoms with van der Waals surface area (Å²) in [6, 6.07) is 16.2. The monoisotopic (exact) mass is 590 g/mol. The van der Waals surface area contributed by atoms with Crippen LogP contribution in [0.4, 0.5) is 22.3 Å². The van der Waals surface area contributed by atoms with Crippen LogP contribution in [0.1, 0.15) is 52.3 Å². The van der Waals surface area contributed by atoms with Crippen molar-refractivity contribution in [2.45, 2.75) is 54.4 Å². The number of hydrogen-bond donors (Lipinski definition) is 4. The molecule has 1 saturated heterocycles. The molecule has 8 heteroatoms. The Kier molecular flexibility index (Phi) is 15.3. The maximum Gasteiger partial charge on any atom is 0.188 e. The van der Waals surface area contributed by atoms with Crippen molar-refractivity contribution in [2.24, 2.45) is 7.05 Å². The molecule has 0 amide bonds. The minimum atomic E-state index is 0.323. The molecule has 5 rings (SSSR count). The van der Waals surface area contributed by atoms with Crippen LogP contribution in [0.3, 0.4) is 0 Å². The van der Waals surface area contributed by atoms with E-state index in [2.05, 4.69) is 82.8 Å². The van der Waals surface area contributed by atoms with Gasteiger partial charge in [0.05, 0.1) is 17.1 Å². The number of anilines is 4. The molecule has 0 unspecified atom stereocenters. The summed E-state index contributed by atoms with van der Waals surface area (Å²) in [6.07, 6.45) is 5.96. The summed E-state index contributed by atoms with van der Waals surface area (Å²) >= 11 is 1.61. The van der Waals surface area contributed by atoms with E-state index in [1.807, 2.05) is 56.8 Å². The zero-order valence-corrected chi connectivity index (χ0v) is 27.3. The van der Waals surface area contributed by atoms with Gasteiger partial charge in [-0.25, -0.2) is 4.98 Å². The zero-order valence-electron chi connectivity index (χ0n) is 26.5. The lowest BCUT2D eigenvalue weighted by Gasteiger charge is -2.30. The number of piperazine rings is 1. The molecule has 1 aliphatic rings. The summed E-state index contributed by atoms with van der Waals surface area (Å²) in [4.78, 5) is 6.92. The fourth-order valence-electron chi connectivity index (χ4n) is 4.16. The lowest BCUT2D eigenvalue weighted by Crippen LogP contribution is -2.43. The molecule has 1 aliphatic heterocycles. The first-order valence-corrected chi connectivity index (χ1v) is 15.9. The smallest absolute Gasteiger partial charge is 0.188 e. The average Bonchev–Trinajstić information content (AvgIpc) is 3.63. The van der Waals surface area contributed by atoms with Crippen LogP contribution in [0, 0.1) is 6.92 Å². The number of benzene rings is 2. The van der Waals surface area contributed by atoms with Crippen LogP contribution in [0.15, 0.2) is 72.9 Å². The van der Waals surface area contributed by atoms with Crippen LogP contribution in [-0.2, 0) is 13.5 Å². The predicted molar refractivity (Wildman–Crippen MR) is 185 cm³/mol. The maximum atomic E-state index is 9.87. The first-order valence-electron chi connectivity index (χ1n) is 15.0. The Morgan fingerprint density at radius 1 is 1.05 bits per heavy atom. The van der Waals surface area contributed by atoms with Crippen LogP contribution < -0.4 is 20.9 Å². The average molecular weight is 591 g/mol. The van der Waals surface area contributed by atoms with Crippen molar-refractivity contribution in [3.05, 3.63) is 84.1 Å². The lowest BCUT2D eigenvalue weighted by molar-refractivity contribution is 0.471. The third kappa shape index (κ3) is 10.3. The zero-order chi connectivity index (χ0) is 30.9. The largest absolute Gasteiger partial charge is 0.508 e. The number of phenols is 1. The molecule has 4 aromatic rings. The number of phenolic OH excluding ortho intramolecular Hbond substituents is 1. The Balaban J connectivity index is 0.000000268. The highest BCUT2D eigenvalue weighted by Crippen LogP contribution is 2.30. The van der Waals surface area contributed by atoms with Crippen molar-refractivity contribution in [1.29, 1.82) is 0 Å². The topological polar surface area (TPSA) is 77.4 Å². The Hall–Kier alpha value is -3.75. The van der Waals surface area contributed by atoms with Gasteiger partial charge < -0.3 is 30.5 Å². The number of thiazole rings is 1. The fraction of sp³-hybridized carbons (Fsp3) is 0.382. The van der Waals surface area contributed by atoms with E-state index in [1.54, 1.807) is 23.6 Å². The molecular weight excluding hydrogens is 540 g/mol. The molecule has 0 aliphatic carbocycles. The number of nitrogens with zero attached hydrogens (tertiary/aromatic N) is 3. The summed E-state index contributed by atoms with van der Waals surface area (Å²) in [5.41, 5.74) is 6.44. The number of para-hydroxylation sites is 2. The summed E-state index contributed by atoms with van der Waals surface area (Å²) in [5.74, 6) is 1.30.